The standard InChI is InChI=1S/C20H21FN2O.C2H6/c1-14-4-3-5-16(7-6-14)19-10-11-23(22-19)13-15(2)18-12-17(21)8-9-20(18)24;1-2/h4-12,15,24H,3,13H2,1-2H3;1-2H3. The molecule has 26 heavy (non-hydrogen) atoms. The lowest BCUT2D eigenvalue weighted by Gasteiger charge is -2.13. The molecule has 1 aromatic carbocycles. The van der Waals surface area contributed by atoms with Crippen LogP contribution in [0, 0.1) is 5.82 Å². The van der Waals surface area contributed by atoms with E-state index in [-0.39, 0.29) is 17.5 Å². The van der Waals surface area contributed by atoms with E-state index < -0.39 is 0 Å². The molecule has 0 bridgehead atoms. The summed E-state index contributed by atoms with van der Waals surface area (Å²) in [6.45, 7) is 8.61. The summed E-state index contributed by atoms with van der Waals surface area (Å²) in [5.41, 5.74) is 3.87. The van der Waals surface area contributed by atoms with Gasteiger partial charge >= 0.3 is 0 Å². The fourth-order valence-electron chi connectivity index (χ4n) is 2.84. The van der Waals surface area contributed by atoms with E-state index in [9.17, 15) is 9.50 Å². The van der Waals surface area contributed by atoms with E-state index in [2.05, 4.69) is 36.3 Å². The van der Waals surface area contributed by atoms with Gasteiger partial charge in [0.05, 0.1) is 5.69 Å². The number of aromatic nitrogens is 2. The smallest absolute Gasteiger partial charge is 0.123 e. The van der Waals surface area contributed by atoms with Crippen LogP contribution in [0.2, 0.25) is 0 Å². The molecule has 3 nitrogen and oxygen atoms in total. The first kappa shape index (κ1) is 19.7. The Bertz CT molecular complexity index is 830. The van der Waals surface area contributed by atoms with Crippen LogP contribution in [0.25, 0.3) is 5.57 Å². The lowest BCUT2D eigenvalue weighted by molar-refractivity contribution is 0.449. The normalized spacial score (nSPS) is 14.7. The van der Waals surface area contributed by atoms with Gasteiger partial charge in [-0.05, 0) is 43.2 Å². The van der Waals surface area contributed by atoms with Crippen molar-refractivity contribution in [3.8, 4) is 5.75 Å². The van der Waals surface area contributed by atoms with E-state index in [0.29, 0.717) is 12.1 Å². The molecule has 3 rings (SSSR count). The third kappa shape index (κ3) is 4.94. The average molecular weight is 354 g/mol. The molecule has 1 atom stereocenters. The van der Waals surface area contributed by atoms with E-state index in [1.165, 1.54) is 23.8 Å². The quantitative estimate of drug-likeness (QED) is 0.748. The third-order valence-corrected chi connectivity index (χ3v) is 4.22. The van der Waals surface area contributed by atoms with Gasteiger partial charge in [0.15, 0.2) is 0 Å². The highest BCUT2D eigenvalue weighted by Gasteiger charge is 2.13. The minimum Gasteiger partial charge on any atom is -0.508 e. The second-order valence-corrected chi connectivity index (χ2v) is 6.20. The predicted octanol–water partition coefficient (Wildman–Crippen LogP) is 5.85. The third-order valence-electron chi connectivity index (χ3n) is 4.22. The molecule has 0 amide bonds. The van der Waals surface area contributed by atoms with E-state index in [0.717, 1.165) is 17.7 Å². The number of benzene rings is 1. The van der Waals surface area contributed by atoms with Crippen LogP contribution in [-0.2, 0) is 6.54 Å². The molecule has 1 aromatic heterocycles. The minimum atomic E-state index is -0.340. The Labute approximate surface area is 155 Å². The minimum absolute atomic E-state index is 0.0454. The summed E-state index contributed by atoms with van der Waals surface area (Å²) in [6, 6.07) is 6.02. The van der Waals surface area contributed by atoms with Gasteiger partial charge in [-0.15, -0.1) is 0 Å². The van der Waals surface area contributed by atoms with Crippen LogP contribution in [0.1, 0.15) is 51.3 Å². The van der Waals surface area contributed by atoms with Crippen molar-refractivity contribution in [3.63, 3.8) is 0 Å². The van der Waals surface area contributed by atoms with Crippen molar-refractivity contribution in [2.45, 2.75) is 46.6 Å². The highest BCUT2D eigenvalue weighted by Crippen LogP contribution is 2.28. The Balaban J connectivity index is 0.00000117. The number of nitrogens with zero attached hydrogens (tertiary/aromatic N) is 2. The van der Waals surface area contributed by atoms with Crippen LogP contribution in [0.5, 0.6) is 5.75 Å². The molecule has 4 heteroatoms. The van der Waals surface area contributed by atoms with Gasteiger partial charge in [-0.3, -0.25) is 4.68 Å². The number of hydrogen-bond donors (Lipinski definition) is 1. The molecule has 1 N–H and O–H groups in total. The van der Waals surface area contributed by atoms with Gasteiger partial charge in [0, 0.05) is 24.2 Å². The number of halogens is 1. The zero-order valence-corrected chi connectivity index (χ0v) is 15.9. The van der Waals surface area contributed by atoms with Crippen molar-refractivity contribution in [2.75, 3.05) is 0 Å². The van der Waals surface area contributed by atoms with Crippen molar-refractivity contribution >= 4 is 5.57 Å². The summed E-state index contributed by atoms with van der Waals surface area (Å²) in [5.74, 6) is -0.268. The van der Waals surface area contributed by atoms with Crippen LogP contribution in [0.4, 0.5) is 4.39 Å². The summed E-state index contributed by atoms with van der Waals surface area (Å²) < 4.78 is 15.2. The van der Waals surface area contributed by atoms with Crippen molar-refractivity contribution in [1.29, 1.82) is 0 Å². The molecule has 1 aliphatic rings. The first-order chi connectivity index (χ1) is 12.5. The van der Waals surface area contributed by atoms with Crippen molar-refractivity contribution in [3.05, 3.63) is 77.4 Å². The molecule has 0 fully saturated rings. The summed E-state index contributed by atoms with van der Waals surface area (Å²) in [4.78, 5) is 0. The fraction of sp³-hybridized carbons (Fsp3) is 0.318. The Hall–Kier alpha value is -2.62. The van der Waals surface area contributed by atoms with Crippen LogP contribution in [0.3, 0.4) is 0 Å². The molecule has 0 aliphatic heterocycles. The Morgan fingerprint density at radius 2 is 1.96 bits per heavy atom. The lowest BCUT2D eigenvalue weighted by atomic mass is 10.00. The topological polar surface area (TPSA) is 38.0 Å². The van der Waals surface area contributed by atoms with E-state index >= 15 is 0 Å². The van der Waals surface area contributed by atoms with Crippen molar-refractivity contribution in [2.24, 2.45) is 0 Å². The van der Waals surface area contributed by atoms with Gasteiger partial charge in [0.1, 0.15) is 11.6 Å². The van der Waals surface area contributed by atoms with Crippen LogP contribution in [-0.4, -0.2) is 14.9 Å². The van der Waals surface area contributed by atoms with Gasteiger partial charge in [-0.2, -0.15) is 5.10 Å². The molecular formula is C22H27FN2O. The van der Waals surface area contributed by atoms with Crippen molar-refractivity contribution < 1.29 is 9.50 Å². The number of allylic oxidation sites excluding steroid dienone is 6. The Morgan fingerprint density at radius 3 is 2.73 bits per heavy atom. The average Bonchev–Trinajstić information content (AvgIpc) is 2.99. The number of hydrogen-bond acceptors (Lipinski definition) is 2. The summed E-state index contributed by atoms with van der Waals surface area (Å²) in [7, 11) is 0. The van der Waals surface area contributed by atoms with Gasteiger partial charge < -0.3 is 5.11 Å². The summed E-state index contributed by atoms with van der Waals surface area (Å²) in [5, 5.41) is 14.5. The maximum atomic E-state index is 13.4. The number of aromatic hydroxyl groups is 1. The van der Waals surface area contributed by atoms with E-state index in [4.69, 9.17) is 0 Å². The first-order valence-corrected chi connectivity index (χ1v) is 9.10. The van der Waals surface area contributed by atoms with Gasteiger partial charge in [0.2, 0.25) is 0 Å². The molecule has 0 saturated carbocycles. The molecule has 0 spiro atoms. The maximum Gasteiger partial charge on any atom is 0.123 e. The van der Waals surface area contributed by atoms with Crippen LogP contribution >= 0.6 is 0 Å². The highest BCUT2D eigenvalue weighted by molar-refractivity contribution is 5.72. The lowest BCUT2D eigenvalue weighted by Crippen LogP contribution is -2.07. The van der Waals surface area contributed by atoms with Crippen LogP contribution < -0.4 is 0 Å². The fourth-order valence-corrected chi connectivity index (χ4v) is 2.84. The van der Waals surface area contributed by atoms with E-state index in [1.54, 1.807) is 0 Å². The maximum absolute atomic E-state index is 13.4. The summed E-state index contributed by atoms with van der Waals surface area (Å²) >= 11 is 0. The van der Waals surface area contributed by atoms with Gasteiger partial charge in [-0.1, -0.05) is 50.6 Å². The second kappa shape index (κ2) is 9.18. The monoisotopic (exact) mass is 354 g/mol. The summed E-state index contributed by atoms with van der Waals surface area (Å²) in [6.07, 6.45) is 11.3. The number of phenolic OH excluding ortho intramolecular Hbond substituents is 1. The molecule has 0 saturated heterocycles. The first-order valence-electron chi connectivity index (χ1n) is 9.10. The molecular weight excluding hydrogens is 327 g/mol. The van der Waals surface area contributed by atoms with Gasteiger partial charge in [0.25, 0.3) is 0 Å². The second-order valence-electron chi connectivity index (χ2n) is 6.20. The number of rotatable bonds is 4. The SMILES string of the molecule is CC.CC1=CCC=C(c2ccn(CC(C)c3cc(F)ccc3O)n2)C=C1. The highest BCUT2D eigenvalue weighted by atomic mass is 19.1. The Morgan fingerprint density at radius 1 is 1.19 bits per heavy atom. The molecule has 2 aromatic rings. The zero-order chi connectivity index (χ0) is 19.1. The molecule has 1 heterocycles. The molecule has 138 valence electrons. The van der Waals surface area contributed by atoms with E-state index in [1.807, 2.05) is 37.7 Å². The molecule has 0 radical (unpaired) electrons. The zero-order valence-electron chi connectivity index (χ0n) is 15.9. The largest absolute Gasteiger partial charge is 0.508 e. The number of phenols is 1. The van der Waals surface area contributed by atoms with Crippen molar-refractivity contribution in [1.82, 2.24) is 9.78 Å². The van der Waals surface area contributed by atoms with Crippen LogP contribution in [0.15, 0.2) is 60.3 Å². The molecule has 1 unspecified atom stereocenters. The molecule has 1 aliphatic carbocycles. The predicted molar refractivity (Wildman–Crippen MR) is 106 cm³/mol. The Kier molecular flexibility index (Phi) is 6.96. The van der Waals surface area contributed by atoms with Gasteiger partial charge in [-0.25, -0.2) is 4.39 Å².